The lowest BCUT2D eigenvalue weighted by Gasteiger charge is -2.27. The number of anilines is 1. The first-order chi connectivity index (χ1) is 8.41. The van der Waals surface area contributed by atoms with E-state index < -0.39 is 0 Å². The molecule has 1 amide bonds. The van der Waals surface area contributed by atoms with Gasteiger partial charge >= 0.3 is 0 Å². The maximum atomic E-state index is 12.1. The highest BCUT2D eigenvalue weighted by Crippen LogP contribution is 2.15. The van der Waals surface area contributed by atoms with Gasteiger partial charge in [-0.2, -0.15) is 0 Å². The molecule has 0 saturated heterocycles. The molecule has 18 heavy (non-hydrogen) atoms. The number of benzene rings is 1. The molecule has 1 unspecified atom stereocenters. The second-order valence-corrected chi connectivity index (χ2v) is 5.21. The summed E-state index contributed by atoms with van der Waals surface area (Å²) in [5, 5.41) is 2.97. The van der Waals surface area contributed by atoms with Crippen molar-refractivity contribution >= 4 is 23.2 Å². The third kappa shape index (κ3) is 3.64. The van der Waals surface area contributed by atoms with Crippen LogP contribution in [0.5, 0.6) is 0 Å². The molecule has 1 rings (SSSR count). The molecule has 1 atom stereocenters. The number of hydrogen-bond donors (Lipinski definition) is 1. The fourth-order valence-corrected chi connectivity index (χ4v) is 1.73. The Morgan fingerprint density at radius 1 is 1.33 bits per heavy atom. The summed E-state index contributed by atoms with van der Waals surface area (Å²) in [7, 11) is 3.94. The monoisotopic (exact) mass is 268 g/mol. The fraction of sp³-hybridized carbons (Fsp3) is 0.500. The van der Waals surface area contributed by atoms with Gasteiger partial charge in [-0.3, -0.25) is 4.79 Å². The first-order valence-corrected chi connectivity index (χ1v) is 6.61. The minimum Gasteiger partial charge on any atom is -0.378 e. The highest BCUT2D eigenvalue weighted by Gasteiger charge is 2.23. The van der Waals surface area contributed by atoms with Gasteiger partial charge < -0.3 is 10.2 Å². The Bertz CT molecular complexity index is 397. The van der Waals surface area contributed by atoms with Gasteiger partial charge in [0, 0.05) is 31.2 Å². The van der Waals surface area contributed by atoms with Crippen molar-refractivity contribution in [1.29, 1.82) is 0 Å². The lowest BCUT2D eigenvalue weighted by atomic mass is 10.0. The molecule has 0 fully saturated rings. The Morgan fingerprint density at radius 2 is 1.89 bits per heavy atom. The Morgan fingerprint density at radius 3 is 2.28 bits per heavy atom. The van der Waals surface area contributed by atoms with Crippen LogP contribution in [0.4, 0.5) is 5.69 Å². The van der Waals surface area contributed by atoms with Gasteiger partial charge in [-0.1, -0.05) is 6.92 Å². The lowest BCUT2D eigenvalue weighted by molar-refractivity contribution is 0.0912. The standard InChI is InChI=1S/C14H21ClN2O/c1-5-14(2,10-15)16-13(18)11-6-8-12(9-7-11)17(3)4/h6-9H,5,10H2,1-4H3,(H,16,18). The third-order valence-electron chi connectivity index (χ3n) is 3.14. The van der Waals surface area contributed by atoms with Gasteiger partial charge in [-0.05, 0) is 37.6 Å². The molecule has 0 aliphatic carbocycles. The molecular formula is C14H21ClN2O. The molecule has 0 bridgehead atoms. The summed E-state index contributed by atoms with van der Waals surface area (Å²) >= 11 is 5.89. The SMILES string of the molecule is CCC(C)(CCl)NC(=O)c1ccc(N(C)C)cc1. The number of carbonyl (C=O) groups excluding carboxylic acids is 1. The summed E-state index contributed by atoms with van der Waals surface area (Å²) in [4.78, 5) is 14.1. The quantitative estimate of drug-likeness (QED) is 0.833. The highest BCUT2D eigenvalue weighted by molar-refractivity contribution is 6.18. The van der Waals surface area contributed by atoms with Crippen molar-refractivity contribution in [2.75, 3.05) is 24.9 Å². The van der Waals surface area contributed by atoms with Crippen LogP contribution in [-0.2, 0) is 0 Å². The smallest absolute Gasteiger partial charge is 0.251 e. The molecule has 0 radical (unpaired) electrons. The van der Waals surface area contributed by atoms with E-state index >= 15 is 0 Å². The van der Waals surface area contributed by atoms with Crippen molar-refractivity contribution in [1.82, 2.24) is 5.32 Å². The predicted octanol–water partition coefficient (Wildman–Crippen LogP) is 2.89. The number of alkyl halides is 1. The second kappa shape index (κ2) is 6.10. The Kier molecular flexibility index (Phi) is 5.03. The number of halogens is 1. The van der Waals surface area contributed by atoms with Crippen molar-refractivity contribution in [3.8, 4) is 0 Å². The van der Waals surface area contributed by atoms with Gasteiger partial charge in [0.25, 0.3) is 5.91 Å². The molecule has 0 aliphatic rings. The number of rotatable bonds is 5. The van der Waals surface area contributed by atoms with Crippen LogP contribution >= 0.6 is 11.6 Å². The fourth-order valence-electron chi connectivity index (χ4n) is 1.47. The van der Waals surface area contributed by atoms with Gasteiger partial charge in [0.15, 0.2) is 0 Å². The van der Waals surface area contributed by atoms with E-state index in [0.717, 1.165) is 12.1 Å². The van der Waals surface area contributed by atoms with Gasteiger partial charge in [-0.15, -0.1) is 11.6 Å². The molecule has 1 aromatic carbocycles. The number of nitrogens with zero attached hydrogens (tertiary/aromatic N) is 1. The first-order valence-electron chi connectivity index (χ1n) is 6.08. The Labute approximate surface area is 114 Å². The van der Waals surface area contributed by atoms with Crippen LogP contribution in [0.25, 0.3) is 0 Å². The normalized spacial score (nSPS) is 13.8. The van der Waals surface area contributed by atoms with E-state index in [1.165, 1.54) is 0 Å². The van der Waals surface area contributed by atoms with Crippen LogP contribution in [0.15, 0.2) is 24.3 Å². The van der Waals surface area contributed by atoms with E-state index in [2.05, 4.69) is 5.32 Å². The molecule has 1 aromatic rings. The lowest BCUT2D eigenvalue weighted by Crippen LogP contribution is -2.47. The van der Waals surface area contributed by atoms with Crippen LogP contribution < -0.4 is 10.2 Å². The van der Waals surface area contributed by atoms with Crippen molar-refractivity contribution in [3.63, 3.8) is 0 Å². The molecule has 100 valence electrons. The van der Waals surface area contributed by atoms with E-state index in [0.29, 0.717) is 11.4 Å². The van der Waals surface area contributed by atoms with Crippen molar-refractivity contribution in [3.05, 3.63) is 29.8 Å². The zero-order chi connectivity index (χ0) is 13.8. The topological polar surface area (TPSA) is 32.3 Å². The highest BCUT2D eigenvalue weighted by atomic mass is 35.5. The minimum absolute atomic E-state index is 0.0784. The largest absolute Gasteiger partial charge is 0.378 e. The number of amides is 1. The summed E-state index contributed by atoms with van der Waals surface area (Å²) in [5.41, 5.74) is 1.38. The summed E-state index contributed by atoms with van der Waals surface area (Å²) in [6.07, 6.45) is 0.804. The van der Waals surface area contributed by atoms with Gasteiger partial charge in [0.2, 0.25) is 0 Å². The van der Waals surface area contributed by atoms with Crippen molar-refractivity contribution in [2.24, 2.45) is 0 Å². The number of hydrogen-bond acceptors (Lipinski definition) is 2. The van der Waals surface area contributed by atoms with E-state index in [9.17, 15) is 4.79 Å². The summed E-state index contributed by atoms with van der Waals surface area (Å²) in [5.74, 6) is 0.329. The molecular weight excluding hydrogens is 248 g/mol. The molecule has 1 N–H and O–H groups in total. The molecule has 0 saturated carbocycles. The average Bonchev–Trinajstić information content (AvgIpc) is 2.38. The molecule has 4 heteroatoms. The Balaban J connectivity index is 2.79. The maximum Gasteiger partial charge on any atom is 0.251 e. The predicted molar refractivity (Wildman–Crippen MR) is 77.7 cm³/mol. The van der Waals surface area contributed by atoms with E-state index in [-0.39, 0.29) is 11.4 Å². The summed E-state index contributed by atoms with van der Waals surface area (Å²) < 4.78 is 0. The van der Waals surface area contributed by atoms with Crippen LogP contribution in [0.1, 0.15) is 30.6 Å². The van der Waals surface area contributed by atoms with E-state index in [1.807, 2.05) is 57.1 Å². The van der Waals surface area contributed by atoms with Gasteiger partial charge in [0.05, 0.1) is 5.54 Å². The Hall–Kier alpha value is -1.22. The van der Waals surface area contributed by atoms with Crippen LogP contribution in [-0.4, -0.2) is 31.4 Å². The van der Waals surface area contributed by atoms with Gasteiger partial charge in [0.1, 0.15) is 0 Å². The molecule has 0 aliphatic heterocycles. The van der Waals surface area contributed by atoms with Crippen LogP contribution in [0, 0.1) is 0 Å². The van der Waals surface area contributed by atoms with Crippen molar-refractivity contribution < 1.29 is 4.79 Å². The zero-order valence-electron chi connectivity index (χ0n) is 11.5. The van der Waals surface area contributed by atoms with Crippen LogP contribution in [0.3, 0.4) is 0 Å². The first kappa shape index (κ1) is 14.8. The summed E-state index contributed by atoms with van der Waals surface area (Å²) in [6.45, 7) is 3.96. The average molecular weight is 269 g/mol. The maximum absolute atomic E-state index is 12.1. The second-order valence-electron chi connectivity index (χ2n) is 4.94. The number of nitrogens with one attached hydrogen (secondary N) is 1. The van der Waals surface area contributed by atoms with Gasteiger partial charge in [-0.25, -0.2) is 0 Å². The molecule has 3 nitrogen and oxygen atoms in total. The van der Waals surface area contributed by atoms with Crippen molar-refractivity contribution in [2.45, 2.75) is 25.8 Å². The molecule has 0 spiro atoms. The number of carbonyl (C=O) groups is 1. The molecule has 0 aromatic heterocycles. The molecule has 0 heterocycles. The van der Waals surface area contributed by atoms with E-state index in [4.69, 9.17) is 11.6 Å². The minimum atomic E-state index is -0.348. The third-order valence-corrected chi connectivity index (χ3v) is 3.73. The summed E-state index contributed by atoms with van der Waals surface area (Å²) in [6, 6.07) is 7.52. The van der Waals surface area contributed by atoms with E-state index in [1.54, 1.807) is 0 Å². The van der Waals surface area contributed by atoms with Crippen LogP contribution in [0.2, 0.25) is 0 Å². The zero-order valence-corrected chi connectivity index (χ0v) is 12.2.